The van der Waals surface area contributed by atoms with E-state index in [1.165, 1.54) is 0 Å². The lowest BCUT2D eigenvalue weighted by atomic mass is 10.2. The summed E-state index contributed by atoms with van der Waals surface area (Å²) in [6.45, 7) is 0.567. The van der Waals surface area contributed by atoms with Crippen molar-refractivity contribution >= 4 is 34.7 Å². The molecule has 4 rings (SSSR count). The topological polar surface area (TPSA) is 56.7 Å². The van der Waals surface area contributed by atoms with Gasteiger partial charge in [-0.25, -0.2) is 4.98 Å². The molecule has 126 valence electrons. The van der Waals surface area contributed by atoms with Crippen LogP contribution in [-0.4, -0.2) is 19.7 Å². The van der Waals surface area contributed by atoms with Crippen LogP contribution in [0.25, 0.3) is 11.4 Å². The average Bonchev–Trinajstić information content (AvgIpc) is 3.37. The summed E-state index contributed by atoms with van der Waals surface area (Å²) in [5, 5.41) is 12.3. The molecule has 5 nitrogen and oxygen atoms in total. The van der Waals surface area contributed by atoms with Crippen molar-refractivity contribution < 1.29 is 4.42 Å². The minimum absolute atomic E-state index is 0.567. The maximum Gasteiger partial charge on any atom is 0.192 e. The highest BCUT2D eigenvalue weighted by Crippen LogP contribution is 2.28. The zero-order chi connectivity index (χ0) is 17.1. The Morgan fingerprint density at radius 2 is 2.04 bits per heavy atom. The smallest absolute Gasteiger partial charge is 0.192 e. The predicted molar refractivity (Wildman–Crippen MR) is 100.0 cm³/mol. The first-order valence-electron chi connectivity index (χ1n) is 7.51. The summed E-state index contributed by atoms with van der Waals surface area (Å²) < 4.78 is 7.56. The number of thioether (sulfide) groups is 1. The number of benzene rings is 1. The number of thiazole rings is 1. The molecule has 4 aromatic rings. The first kappa shape index (κ1) is 16.4. The van der Waals surface area contributed by atoms with E-state index >= 15 is 0 Å². The van der Waals surface area contributed by atoms with Crippen LogP contribution >= 0.6 is 34.7 Å². The summed E-state index contributed by atoms with van der Waals surface area (Å²) >= 11 is 9.20. The molecule has 3 heterocycles. The molecule has 1 aromatic carbocycles. The fraction of sp³-hybridized carbons (Fsp3) is 0.118. The fourth-order valence-electron chi connectivity index (χ4n) is 2.36. The molecule has 0 aliphatic heterocycles. The molecule has 0 fully saturated rings. The fourth-order valence-corrected chi connectivity index (χ4v) is 3.99. The Kier molecular flexibility index (Phi) is 4.87. The molecule has 3 aromatic heterocycles. The van der Waals surface area contributed by atoms with Crippen LogP contribution in [0.3, 0.4) is 0 Å². The second kappa shape index (κ2) is 7.43. The molecule has 0 spiro atoms. The van der Waals surface area contributed by atoms with Crippen LogP contribution in [-0.2, 0) is 12.3 Å². The maximum atomic E-state index is 6.00. The summed E-state index contributed by atoms with van der Waals surface area (Å²) in [7, 11) is 0. The van der Waals surface area contributed by atoms with E-state index in [2.05, 4.69) is 19.7 Å². The minimum atomic E-state index is 0.567. The van der Waals surface area contributed by atoms with Crippen molar-refractivity contribution in [3.63, 3.8) is 0 Å². The minimum Gasteiger partial charge on any atom is -0.467 e. The van der Waals surface area contributed by atoms with Crippen molar-refractivity contribution in [3.05, 3.63) is 70.0 Å². The first-order valence-corrected chi connectivity index (χ1v) is 9.81. The van der Waals surface area contributed by atoms with Gasteiger partial charge in [0.05, 0.1) is 24.0 Å². The summed E-state index contributed by atoms with van der Waals surface area (Å²) in [6, 6.07) is 11.4. The second-order valence-corrected chi connectivity index (χ2v) is 7.34. The Labute approximate surface area is 157 Å². The molecule has 0 atom stereocenters. The normalized spacial score (nSPS) is 11.1. The molecule has 0 bridgehead atoms. The zero-order valence-electron chi connectivity index (χ0n) is 13.0. The largest absolute Gasteiger partial charge is 0.467 e. The average molecular weight is 389 g/mol. The molecule has 0 N–H and O–H groups in total. The van der Waals surface area contributed by atoms with Crippen LogP contribution in [0.4, 0.5) is 0 Å². The SMILES string of the molecule is Clc1ccc(-c2nnc(SCc3cscn3)n2Cc2ccco2)cc1. The Morgan fingerprint density at radius 1 is 1.16 bits per heavy atom. The molecule has 0 unspecified atom stereocenters. The second-order valence-electron chi connectivity index (χ2n) is 5.25. The Bertz CT molecular complexity index is 934. The van der Waals surface area contributed by atoms with E-state index in [-0.39, 0.29) is 0 Å². The van der Waals surface area contributed by atoms with Gasteiger partial charge in [-0.1, -0.05) is 23.4 Å². The number of aromatic nitrogens is 4. The third-order valence-electron chi connectivity index (χ3n) is 3.55. The maximum absolute atomic E-state index is 6.00. The third-order valence-corrected chi connectivity index (χ3v) is 5.43. The zero-order valence-corrected chi connectivity index (χ0v) is 15.4. The summed E-state index contributed by atoms with van der Waals surface area (Å²) in [4.78, 5) is 4.32. The Morgan fingerprint density at radius 3 is 2.76 bits per heavy atom. The number of hydrogen-bond acceptors (Lipinski definition) is 6. The van der Waals surface area contributed by atoms with Crippen molar-refractivity contribution in [2.45, 2.75) is 17.5 Å². The van der Waals surface area contributed by atoms with Gasteiger partial charge in [0.2, 0.25) is 0 Å². The predicted octanol–water partition coefficient (Wildman–Crippen LogP) is 4.99. The number of rotatable bonds is 6. The van der Waals surface area contributed by atoms with Crippen molar-refractivity contribution in [2.24, 2.45) is 0 Å². The molecule has 0 saturated carbocycles. The Hall–Kier alpha value is -2.09. The highest BCUT2D eigenvalue weighted by atomic mass is 35.5. The summed E-state index contributed by atoms with van der Waals surface area (Å²) in [6.07, 6.45) is 1.67. The molecule has 0 aliphatic rings. The number of halogens is 1. The standard InChI is InChI=1S/C17H13ClN4OS2/c18-13-5-3-12(4-6-13)16-20-21-17(25-10-14-9-24-11-19-14)22(16)8-15-2-1-7-23-15/h1-7,9,11H,8,10H2. The summed E-state index contributed by atoms with van der Waals surface area (Å²) in [5.74, 6) is 2.39. The van der Waals surface area contributed by atoms with Gasteiger partial charge in [0.15, 0.2) is 11.0 Å². The van der Waals surface area contributed by atoms with Gasteiger partial charge in [-0.05, 0) is 36.4 Å². The van der Waals surface area contributed by atoms with E-state index in [0.29, 0.717) is 11.6 Å². The van der Waals surface area contributed by atoms with E-state index in [0.717, 1.165) is 33.8 Å². The summed E-state index contributed by atoms with van der Waals surface area (Å²) in [5.41, 5.74) is 3.84. The van der Waals surface area contributed by atoms with Gasteiger partial charge in [-0.2, -0.15) is 0 Å². The van der Waals surface area contributed by atoms with Crippen LogP contribution in [0.15, 0.2) is 63.1 Å². The molecule has 0 aliphatic carbocycles. The molecule has 25 heavy (non-hydrogen) atoms. The monoisotopic (exact) mass is 388 g/mol. The van der Waals surface area contributed by atoms with Crippen LogP contribution < -0.4 is 0 Å². The lowest BCUT2D eigenvalue weighted by molar-refractivity contribution is 0.485. The lowest BCUT2D eigenvalue weighted by Gasteiger charge is -2.08. The van der Waals surface area contributed by atoms with E-state index in [1.54, 1.807) is 29.4 Å². The number of furan rings is 1. The van der Waals surface area contributed by atoms with Gasteiger partial charge in [0.25, 0.3) is 0 Å². The lowest BCUT2D eigenvalue weighted by Crippen LogP contribution is -2.03. The van der Waals surface area contributed by atoms with Crippen molar-refractivity contribution in [1.29, 1.82) is 0 Å². The van der Waals surface area contributed by atoms with E-state index < -0.39 is 0 Å². The van der Waals surface area contributed by atoms with Crippen LogP contribution in [0, 0.1) is 0 Å². The number of hydrogen-bond donors (Lipinski definition) is 0. The number of nitrogens with zero attached hydrogens (tertiary/aromatic N) is 4. The Balaban J connectivity index is 1.66. The van der Waals surface area contributed by atoms with Gasteiger partial charge < -0.3 is 4.42 Å². The van der Waals surface area contributed by atoms with Crippen LogP contribution in [0.1, 0.15) is 11.5 Å². The van der Waals surface area contributed by atoms with Gasteiger partial charge in [0.1, 0.15) is 5.76 Å². The van der Waals surface area contributed by atoms with E-state index in [1.807, 2.05) is 47.3 Å². The quantitative estimate of drug-likeness (QED) is 0.435. The van der Waals surface area contributed by atoms with E-state index in [9.17, 15) is 0 Å². The van der Waals surface area contributed by atoms with Crippen LogP contribution in [0.5, 0.6) is 0 Å². The highest BCUT2D eigenvalue weighted by molar-refractivity contribution is 7.98. The van der Waals surface area contributed by atoms with Crippen molar-refractivity contribution in [3.8, 4) is 11.4 Å². The molecule has 8 heteroatoms. The highest BCUT2D eigenvalue weighted by Gasteiger charge is 2.16. The molecule has 0 amide bonds. The van der Waals surface area contributed by atoms with Gasteiger partial charge in [-0.3, -0.25) is 4.57 Å². The van der Waals surface area contributed by atoms with Gasteiger partial charge in [-0.15, -0.1) is 21.5 Å². The van der Waals surface area contributed by atoms with Gasteiger partial charge in [0, 0.05) is 21.7 Å². The molecule has 0 radical (unpaired) electrons. The van der Waals surface area contributed by atoms with Crippen molar-refractivity contribution in [1.82, 2.24) is 19.7 Å². The molecule has 0 saturated heterocycles. The van der Waals surface area contributed by atoms with Gasteiger partial charge >= 0.3 is 0 Å². The third kappa shape index (κ3) is 3.78. The van der Waals surface area contributed by atoms with E-state index in [4.69, 9.17) is 16.0 Å². The first-order chi connectivity index (χ1) is 12.3. The van der Waals surface area contributed by atoms with Crippen LogP contribution in [0.2, 0.25) is 5.02 Å². The molecular weight excluding hydrogens is 376 g/mol. The van der Waals surface area contributed by atoms with Crippen molar-refractivity contribution in [2.75, 3.05) is 0 Å². The molecular formula is C17H13ClN4OS2.